The van der Waals surface area contributed by atoms with Gasteiger partial charge in [-0.15, -0.1) is 0 Å². The fourth-order valence-electron chi connectivity index (χ4n) is 2.15. The first-order chi connectivity index (χ1) is 6.13. The first-order valence-corrected chi connectivity index (χ1v) is 5.54. The predicted molar refractivity (Wildman–Crippen MR) is 55.6 cm³/mol. The van der Waals surface area contributed by atoms with Crippen molar-refractivity contribution in [2.75, 3.05) is 0 Å². The Balaban J connectivity index is 2.30. The van der Waals surface area contributed by atoms with Crippen molar-refractivity contribution >= 4 is 0 Å². The maximum absolute atomic E-state index is 5.90. The summed E-state index contributed by atoms with van der Waals surface area (Å²) in [6.07, 6.45) is 5.72. The van der Waals surface area contributed by atoms with Crippen LogP contribution in [0, 0.1) is 5.92 Å². The highest BCUT2D eigenvalue weighted by Gasteiger charge is 2.25. The van der Waals surface area contributed by atoms with Gasteiger partial charge in [0.25, 0.3) is 0 Å². The minimum atomic E-state index is 0.310. The molecule has 0 aliphatic carbocycles. The van der Waals surface area contributed by atoms with E-state index in [0.717, 1.165) is 6.42 Å². The molecule has 4 atom stereocenters. The van der Waals surface area contributed by atoms with E-state index >= 15 is 0 Å². The maximum atomic E-state index is 5.90. The molecule has 0 saturated carbocycles. The Kier molecular flexibility index (Phi) is 4.20. The Morgan fingerprint density at radius 3 is 2.54 bits per heavy atom. The lowest BCUT2D eigenvalue weighted by Crippen LogP contribution is -2.29. The summed E-state index contributed by atoms with van der Waals surface area (Å²) in [6.45, 7) is 6.48. The standard InChI is InChI=1S/C11H23NO/c1-4-10(9(3)12)7-11-6-5-8(2)13-11/h8-11H,4-7,12H2,1-3H3. The Morgan fingerprint density at radius 1 is 1.46 bits per heavy atom. The second kappa shape index (κ2) is 4.97. The van der Waals surface area contributed by atoms with Gasteiger partial charge in [0, 0.05) is 6.04 Å². The fraction of sp³-hybridized carbons (Fsp3) is 1.00. The Bertz CT molecular complexity index is 147. The van der Waals surface area contributed by atoms with Gasteiger partial charge in [0.05, 0.1) is 12.2 Å². The van der Waals surface area contributed by atoms with Crippen molar-refractivity contribution in [3.8, 4) is 0 Å². The molecular weight excluding hydrogens is 162 g/mol. The molecule has 0 radical (unpaired) electrons. The van der Waals surface area contributed by atoms with E-state index in [-0.39, 0.29) is 0 Å². The molecule has 2 nitrogen and oxygen atoms in total. The van der Waals surface area contributed by atoms with E-state index in [0.29, 0.717) is 24.2 Å². The van der Waals surface area contributed by atoms with Crippen molar-refractivity contribution in [3.63, 3.8) is 0 Å². The smallest absolute Gasteiger partial charge is 0.0583 e. The minimum absolute atomic E-state index is 0.310. The fourth-order valence-corrected chi connectivity index (χ4v) is 2.15. The molecule has 1 saturated heterocycles. The number of rotatable bonds is 4. The van der Waals surface area contributed by atoms with Crippen molar-refractivity contribution in [3.05, 3.63) is 0 Å². The molecule has 0 bridgehead atoms. The first kappa shape index (κ1) is 11.0. The zero-order valence-electron chi connectivity index (χ0n) is 9.12. The summed E-state index contributed by atoms with van der Waals surface area (Å²) in [5.74, 6) is 0.635. The van der Waals surface area contributed by atoms with Gasteiger partial charge < -0.3 is 10.5 Å². The monoisotopic (exact) mass is 185 g/mol. The van der Waals surface area contributed by atoms with Gasteiger partial charge in [-0.3, -0.25) is 0 Å². The average molecular weight is 185 g/mol. The molecule has 1 rings (SSSR count). The molecule has 1 aliphatic heterocycles. The van der Waals surface area contributed by atoms with Crippen molar-refractivity contribution in [2.45, 2.75) is 64.7 Å². The van der Waals surface area contributed by atoms with Crippen molar-refractivity contribution in [2.24, 2.45) is 11.7 Å². The van der Waals surface area contributed by atoms with Gasteiger partial charge in [-0.2, -0.15) is 0 Å². The number of hydrogen-bond acceptors (Lipinski definition) is 2. The zero-order valence-corrected chi connectivity index (χ0v) is 9.12. The lowest BCUT2D eigenvalue weighted by atomic mass is 9.91. The average Bonchev–Trinajstić information content (AvgIpc) is 2.46. The molecular formula is C11H23NO. The van der Waals surface area contributed by atoms with Crippen LogP contribution in [-0.4, -0.2) is 18.2 Å². The van der Waals surface area contributed by atoms with Crippen molar-refractivity contribution in [1.29, 1.82) is 0 Å². The van der Waals surface area contributed by atoms with E-state index in [9.17, 15) is 0 Å². The van der Waals surface area contributed by atoms with Gasteiger partial charge in [0.1, 0.15) is 0 Å². The molecule has 78 valence electrons. The van der Waals surface area contributed by atoms with E-state index in [2.05, 4.69) is 20.8 Å². The highest BCUT2D eigenvalue weighted by Crippen LogP contribution is 2.26. The van der Waals surface area contributed by atoms with Gasteiger partial charge >= 0.3 is 0 Å². The van der Waals surface area contributed by atoms with E-state index in [1.165, 1.54) is 19.3 Å². The van der Waals surface area contributed by atoms with Gasteiger partial charge in [0.15, 0.2) is 0 Å². The van der Waals surface area contributed by atoms with E-state index in [1.807, 2.05) is 0 Å². The summed E-state index contributed by atoms with van der Waals surface area (Å²) >= 11 is 0. The second-order valence-electron chi connectivity index (χ2n) is 4.41. The molecule has 2 N–H and O–H groups in total. The Labute approximate surface area is 81.8 Å². The van der Waals surface area contributed by atoms with Crippen molar-refractivity contribution < 1.29 is 4.74 Å². The van der Waals surface area contributed by atoms with Gasteiger partial charge in [0.2, 0.25) is 0 Å². The van der Waals surface area contributed by atoms with Crippen LogP contribution in [0.5, 0.6) is 0 Å². The Hall–Kier alpha value is -0.0800. The first-order valence-electron chi connectivity index (χ1n) is 5.54. The van der Waals surface area contributed by atoms with Crippen LogP contribution in [-0.2, 0) is 4.74 Å². The summed E-state index contributed by atoms with van der Waals surface area (Å²) < 4.78 is 5.79. The predicted octanol–water partition coefficient (Wildman–Crippen LogP) is 2.32. The molecule has 1 aliphatic rings. The van der Waals surface area contributed by atoms with E-state index < -0.39 is 0 Å². The highest BCUT2D eigenvalue weighted by atomic mass is 16.5. The normalized spacial score (nSPS) is 33.2. The molecule has 4 unspecified atom stereocenters. The molecule has 1 fully saturated rings. The molecule has 0 aromatic rings. The number of hydrogen-bond donors (Lipinski definition) is 1. The van der Waals surface area contributed by atoms with Crippen LogP contribution in [0.25, 0.3) is 0 Å². The van der Waals surface area contributed by atoms with Crippen LogP contribution in [0.2, 0.25) is 0 Å². The third-order valence-corrected chi connectivity index (χ3v) is 3.15. The third kappa shape index (κ3) is 3.28. The van der Waals surface area contributed by atoms with Crippen molar-refractivity contribution in [1.82, 2.24) is 0 Å². The summed E-state index contributed by atoms with van der Waals surface area (Å²) in [5.41, 5.74) is 5.90. The lowest BCUT2D eigenvalue weighted by molar-refractivity contribution is 0.0383. The molecule has 1 heterocycles. The van der Waals surface area contributed by atoms with Crippen LogP contribution in [0.15, 0.2) is 0 Å². The number of nitrogens with two attached hydrogens (primary N) is 1. The molecule has 0 amide bonds. The minimum Gasteiger partial charge on any atom is -0.375 e. The Morgan fingerprint density at radius 2 is 2.15 bits per heavy atom. The van der Waals surface area contributed by atoms with E-state index in [1.54, 1.807) is 0 Å². The molecule has 13 heavy (non-hydrogen) atoms. The summed E-state index contributed by atoms with van der Waals surface area (Å²) in [4.78, 5) is 0. The highest BCUT2D eigenvalue weighted by molar-refractivity contribution is 4.77. The summed E-state index contributed by atoms with van der Waals surface area (Å²) in [6, 6.07) is 0.310. The van der Waals surface area contributed by atoms with E-state index in [4.69, 9.17) is 10.5 Å². The SMILES string of the molecule is CCC(CC1CCC(C)O1)C(C)N. The number of ether oxygens (including phenoxy) is 1. The largest absolute Gasteiger partial charge is 0.375 e. The lowest BCUT2D eigenvalue weighted by Gasteiger charge is -2.22. The summed E-state index contributed by atoms with van der Waals surface area (Å²) in [7, 11) is 0. The van der Waals surface area contributed by atoms with Crippen LogP contribution >= 0.6 is 0 Å². The van der Waals surface area contributed by atoms with Crippen LogP contribution < -0.4 is 5.73 Å². The summed E-state index contributed by atoms with van der Waals surface area (Å²) in [5, 5.41) is 0. The zero-order chi connectivity index (χ0) is 9.84. The molecule has 0 spiro atoms. The van der Waals surface area contributed by atoms with Crippen LogP contribution in [0.1, 0.15) is 46.5 Å². The van der Waals surface area contributed by atoms with Crippen LogP contribution in [0.4, 0.5) is 0 Å². The third-order valence-electron chi connectivity index (χ3n) is 3.15. The quantitative estimate of drug-likeness (QED) is 0.729. The maximum Gasteiger partial charge on any atom is 0.0583 e. The van der Waals surface area contributed by atoms with Gasteiger partial charge in [-0.1, -0.05) is 13.3 Å². The van der Waals surface area contributed by atoms with Gasteiger partial charge in [-0.05, 0) is 39.0 Å². The van der Waals surface area contributed by atoms with Gasteiger partial charge in [-0.25, -0.2) is 0 Å². The molecule has 2 heteroatoms. The molecule has 0 aromatic heterocycles. The molecule has 0 aromatic carbocycles. The second-order valence-corrected chi connectivity index (χ2v) is 4.41. The topological polar surface area (TPSA) is 35.2 Å². The van der Waals surface area contributed by atoms with Crippen LogP contribution in [0.3, 0.4) is 0 Å².